The molecule has 0 aliphatic carbocycles. The van der Waals surface area contributed by atoms with Crippen molar-refractivity contribution < 1.29 is 24.3 Å². The highest BCUT2D eigenvalue weighted by Gasteiger charge is 2.44. The summed E-state index contributed by atoms with van der Waals surface area (Å²) < 4.78 is 5.18. The van der Waals surface area contributed by atoms with E-state index in [-0.39, 0.29) is 5.57 Å². The Balaban J connectivity index is 2.08. The van der Waals surface area contributed by atoms with Gasteiger partial charge in [-0.15, -0.1) is 0 Å². The highest BCUT2D eigenvalue weighted by molar-refractivity contribution is 6.46. The third-order valence-electron chi connectivity index (χ3n) is 6.51. The van der Waals surface area contributed by atoms with Crippen LogP contribution in [-0.4, -0.2) is 49.9 Å². The van der Waals surface area contributed by atoms with Crippen molar-refractivity contribution in [1.82, 2.24) is 4.90 Å². The number of ketones is 1. The van der Waals surface area contributed by atoms with Gasteiger partial charge in [0, 0.05) is 5.57 Å². The first-order valence-electron chi connectivity index (χ1n) is 11.7. The van der Waals surface area contributed by atoms with Crippen LogP contribution in [0.5, 0.6) is 5.75 Å². The highest BCUT2D eigenvalue weighted by Crippen LogP contribution is 2.38. The number of Topliss-reactive ketones (excluding diaryl/α,β-unsaturated/α-hetero) is 1. The lowest BCUT2D eigenvalue weighted by atomic mass is 9.93. The maximum Gasteiger partial charge on any atom is 0.295 e. The van der Waals surface area contributed by atoms with Gasteiger partial charge in [-0.05, 0) is 48.6 Å². The fourth-order valence-corrected chi connectivity index (χ4v) is 4.29. The molecule has 1 aliphatic heterocycles. The van der Waals surface area contributed by atoms with Crippen molar-refractivity contribution in [2.45, 2.75) is 39.7 Å². The number of likely N-dealkylation sites (tertiary alicyclic amines) is 1. The Labute approximate surface area is 196 Å². The smallest absolute Gasteiger partial charge is 0.295 e. The molecule has 1 saturated heterocycles. The molecule has 176 valence electrons. The van der Waals surface area contributed by atoms with Crippen LogP contribution >= 0.6 is 0 Å². The van der Waals surface area contributed by atoms with Crippen LogP contribution in [0.1, 0.15) is 56.3 Å². The second-order valence-electron chi connectivity index (χ2n) is 8.73. The van der Waals surface area contributed by atoms with E-state index in [0.29, 0.717) is 23.8 Å². The molecule has 1 atom stereocenters. The van der Waals surface area contributed by atoms with Crippen molar-refractivity contribution in [3.05, 3.63) is 70.8 Å². The van der Waals surface area contributed by atoms with E-state index in [2.05, 4.69) is 27.7 Å². The second kappa shape index (κ2) is 10.7. The summed E-state index contributed by atoms with van der Waals surface area (Å²) in [4.78, 5) is 29.1. The van der Waals surface area contributed by atoms with Crippen molar-refractivity contribution in [3.63, 3.8) is 0 Å². The molecule has 6 nitrogen and oxygen atoms in total. The van der Waals surface area contributed by atoms with Gasteiger partial charge in [-0.25, -0.2) is 0 Å². The molecule has 0 radical (unpaired) electrons. The molecule has 2 aromatic carbocycles. The number of nitrogens with zero attached hydrogens (tertiary/aromatic N) is 1. The highest BCUT2D eigenvalue weighted by atomic mass is 16.5. The van der Waals surface area contributed by atoms with E-state index in [9.17, 15) is 14.7 Å². The summed E-state index contributed by atoms with van der Waals surface area (Å²) in [6.45, 7) is 11.4. The van der Waals surface area contributed by atoms with E-state index in [0.717, 1.165) is 30.8 Å². The number of nitrogens with one attached hydrogen (secondary N) is 1. The third kappa shape index (κ3) is 5.11. The van der Waals surface area contributed by atoms with Gasteiger partial charge < -0.3 is 19.6 Å². The average molecular weight is 451 g/mol. The summed E-state index contributed by atoms with van der Waals surface area (Å²) in [6.07, 6.45) is 0. The number of methoxy groups -OCH3 is 1. The van der Waals surface area contributed by atoms with Gasteiger partial charge in [0.2, 0.25) is 5.78 Å². The Kier molecular flexibility index (Phi) is 7.92. The minimum absolute atomic E-state index is 0.0250. The number of quaternary nitrogens is 1. The Bertz CT molecular complexity index is 1010. The van der Waals surface area contributed by atoms with E-state index in [1.807, 2.05) is 24.3 Å². The molecule has 6 heteroatoms. The quantitative estimate of drug-likeness (QED) is 0.360. The van der Waals surface area contributed by atoms with E-state index >= 15 is 0 Å². The van der Waals surface area contributed by atoms with Crippen LogP contribution in [0.15, 0.2) is 54.1 Å². The van der Waals surface area contributed by atoms with Gasteiger partial charge in [0.25, 0.3) is 5.91 Å². The van der Waals surface area contributed by atoms with E-state index in [4.69, 9.17) is 4.74 Å². The van der Waals surface area contributed by atoms with Crippen molar-refractivity contribution in [1.29, 1.82) is 0 Å². The molecule has 1 unspecified atom stereocenters. The summed E-state index contributed by atoms with van der Waals surface area (Å²) in [5, 5.41) is 13.5. The SMILES string of the molecule is CC[NH+](CC)CCN1C(=O)C(=O)C(=C([O-])c2ccc(OC)cc2)C1c1ccc(C(C)C)cc1. The molecule has 1 aliphatic rings. The summed E-state index contributed by atoms with van der Waals surface area (Å²) in [7, 11) is 1.55. The Morgan fingerprint density at radius 2 is 1.64 bits per heavy atom. The predicted octanol–water partition coefficient (Wildman–Crippen LogP) is 1.97. The number of hydrogen-bond acceptors (Lipinski definition) is 4. The topological polar surface area (TPSA) is 74.1 Å². The molecule has 0 bridgehead atoms. The Hall–Kier alpha value is -3.12. The lowest BCUT2D eigenvalue weighted by Gasteiger charge is -2.28. The van der Waals surface area contributed by atoms with E-state index in [1.165, 1.54) is 4.90 Å². The lowest BCUT2D eigenvalue weighted by Crippen LogP contribution is -3.12. The Morgan fingerprint density at radius 3 is 2.15 bits per heavy atom. The van der Waals surface area contributed by atoms with Crippen LogP contribution in [0.25, 0.3) is 5.76 Å². The van der Waals surface area contributed by atoms with Crippen LogP contribution in [0, 0.1) is 0 Å². The number of benzene rings is 2. The minimum Gasteiger partial charge on any atom is -0.872 e. The average Bonchev–Trinajstić information content (AvgIpc) is 3.09. The molecule has 0 saturated carbocycles. The fraction of sp³-hybridized carbons (Fsp3) is 0.407. The molecule has 1 fully saturated rings. The maximum absolute atomic E-state index is 13.5. The van der Waals surface area contributed by atoms with Crippen molar-refractivity contribution in [3.8, 4) is 5.75 Å². The first-order valence-corrected chi connectivity index (χ1v) is 11.7. The van der Waals surface area contributed by atoms with Gasteiger partial charge in [-0.3, -0.25) is 9.59 Å². The molecule has 2 aromatic rings. The number of hydrogen-bond donors (Lipinski definition) is 1. The van der Waals surface area contributed by atoms with Gasteiger partial charge in [0.05, 0.1) is 39.3 Å². The van der Waals surface area contributed by atoms with Gasteiger partial charge in [0.15, 0.2) is 0 Å². The molecule has 0 spiro atoms. The van der Waals surface area contributed by atoms with Crippen LogP contribution in [0.2, 0.25) is 0 Å². The zero-order valence-corrected chi connectivity index (χ0v) is 20.2. The normalized spacial score (nSPS) is 17.9. The summed E-state index contributed by atoms with van der Waals surface area (Å²) in [5.74, 6) is -0.737. The fourth-order valence-electron chi connectivity index (χ4n) is 4.29. The molecule has 1 heterocycles. The molecule has 1 amide bonds. The predicted molar refractivity (Wildman–Crippen MR) is 127 cm³/mol. The number of carbonyl (C=O) groups excluding carboxylic acids is 2. The number of carbonyl (C=O) groups is 2. The van der Waals surface area contributed by atoms with E-state index < -0.39 is 23.5 Å². The zero-order valence-electron chi connectivity index (χ0n) is 20.2. The van der Waals surface area contributed by atoms with Crippen molar-refractivity contribution >= 4 is 17.4 Å². The monoisotopic (exact) mass is 450 g/mol. The molecular weight excluding hydrogens is 416 g/mol. The van der Waals surface area contributed by atoms with Gasteiger partial charge in [-0.2, -0.15) is 0 Å². The summed E-state index contributed by atoms with van der Waals surface area (Å²) in [5.41, 5.74) is 2.34. The van der Waals surface area contributed by atoms with Crippen molar-refractivity contribution in [2.75, 3.05) is 33.3 Å². The second-order valence-corrected chi connectivity index (χ2v) is 8.73. The largest absolute Gasteiger partial charge is 0.872 e. The zero-order chi connectivity index (χ0) is 24.1. The third-order valence-corrected chi connectivity index (χ3v) is 6.51. The molecule has 33 heavy (non-hydrogen) atoms. The van der Waals surface area contributed by atoms with E-state index in [1.54, 1.807) is 36.3 Å². The molecule has 1 N–H and O–H groups in total. The van der Waals surface area contributed by atoms with Crippen molar-refractivity contribution in [2.24, 2.45) is 0 Å². The van der Waals surface area contributed by atoms with Crippen LogP contribution in [0.3, 0.4) is 0 Å². The Morgan fingerprint density at radius 1 is 1.03 bits per heavy atom. The first-order chi connectivity index (χ1) is 15.8. The number of rotatable bonds is 9. The maximum atomic E-state index is 13.5. The van der Waals surface area contributed by atoms with Gasteiger partial charge in [-0.1, -0.05) is 56.0 Å². The number of ether oxygens (including phenoxy) is 1. The van der Waals surface area contributed by atoms with Crippen LogP contribution in [0.4, 0.5) is 0 Å². The molecular formula is C27H34N2O4. The molecule has 0 aromatic heterocycles. The van der Waals surface area contributed by atoms with Gasteiger partial charge >= 0.3 is 0 Å². The molecule has 3 rings (SSSR count). The van der Waals surface area contributed by atoms with Crippen LogP contribution < -0.4 is 14.7 Å². The van der Waals surface area contributed by atoms with Gasteiger partial charge in [0.1, 0.15) is 5.75 Å². The summed E-state index contributed by atoms with van der Waals surface area (Å²) >= 11 is 0. The standard InChI is InChI=1S/C27H34N2O4/c1-6-28(7-2)16-17-29-24(20-10-8-19(9-11-20)18(3)4)23(26(31)27(29)32)25(30)21-12-14-22(33-5)15-13-21/h8-15,18,24,30H,6-7,16-17H2,1-5H3. The number of likely N-dealkylation sites (N-methyl/N-ethyl adjacent to an activating group) is 1. The number of amides is 1. The minimum atomic E-state index is -0.705. The van der Waals surface area contributed by atoms with Crippen LogP contribution in [-0.2, 0) is 9.59 Å². The lowest BCUT2D eigenvalue weighted by molar-refractivity contribution is -0.895. The summed E-state index contributed by atoms with van der Waals surface area (Å²) in [6, 6.07) is 13.8. The first kappa shape index (κ1) is 24.5.